The normalized spacial score (nSPS) is 24.0. The first-order chi connectivity index (χ1) is 9.70. The van der Waals surface area contributed by atoms with E-state index in [0.717, 1.165) is 5.75 Å². The third kappa shape index (κ3) is 4.40. The second-order valence-corrected chi connectivity index (χ2v) is 6.57. The number of likely N-dealkylation sites (N-methyl/N-ethyl adjacent to an activating group) is 1. The van der Waals surface area contributed by atoms with Gasteiger partial charge in [0.05, 0.1) is 0 Å². The molecule has 0 amide bonds. The van der Waals surface area contributed by atoms with Crippen LogP contribution in [0.3, 0.4) is 0 Å². The van der Waals surface area contributed by atoms with Crippen LogP contribution in [0.1, 0.15) is 19.3 Å². The van der Waals surface area contributed by atoms with E-state index >= 15 is 0 Å². The molecule has 0 radical (unpaired) electrons. The number of aliphatic hydroxyl groups is 1. The van der Waals surface area contributed by atoms with Gasteiger partial charge in [0.25, 0.3) is 0 Å². The van der Waals surface area contributed by atoms with E-state index in [0.29, 0.717) is 24.4 Å². The largest absolute Gasteiger partial charge is 0.491 e. The van der Waals surface area contributed by atoms with Crippen molar-refractivity contribution in [3.63, 3.8) is 0 Å². The van der Waals surface area contributed by atoms with E-state index in [4.69, 9.17) is 4.74 Å². The van der Waals surface area contributed by atoms with Crippen molar-refractivity contribution in [1.29, 1.82) is 0 Å². The summed E-state index contributed by atoms with van der Waals surface area (Å²) in [6.07, 6.45) is 5.59. The SMILES string of the molecule is CSC1CCCC1N(C)CC(O)COc1ccccc1. The first kappa shape index (κ1) is 15.7. The van der Waals surface area contributed by atoms with E-state index in [1.165, 1.54) is 19.3 Å². The average molecular weight is 295 g/mol. The Kier molecular flexibility index (Phi) is 6.20. The fourth-order valence-electron chi connectivity index (χ4n) is 2.92. The molecule has 112 valence electrons. The summed E-state index contributed by atoms with van der Waals surface area (Å²) in [5.74, 6) is 0.817. The Bertz CT molecular complexity index is 387. The lowest BCUT2D eigenvalue weighted by atomic mass is 10.2. The van der Waals surface area contributed by atoms with E-state index in [1.807, 2.05) is 42.1 Å². The Hall–Kier alpha value is -0.710. The van der Waals surface area contributed by atoms with E-state index in [1.54, 1.807) is 0 Å². The third-order valence-corrected chi connectivity index (χ3v) is 5.13. The number of hydrogen-bond donors (Lipinski definition) is 1. The van der Waals surface area contributed by atoms with Crippen molar-refractivity contribution in [2.45, 2.75) is 36.7 Å². The third-order valence-electron chi connectivity index (χ3n) is 3.97. The number of benzene rings is 1. The van der Waals surface area contributed by atoms with Gasteiger partial charge in [-0.15, -0.1) is 0 Å². The van der Waals surface area contributed by atoms with E-state index in [2.05, 4.69) is 18.2 Å². The molecule has 0 aliphatic heterocycles. The maximum absolute atomic E-state index is 10.1. The molecule has 20 heavy (non-hydrogen) atoms. The molecule has 0 spiro atoms. The van der Waals surface area contributed by atoms with Gasteiger partial charge >= 0.3 is 0 Å². The van der Waals surface area contributed by atoms with Crippen LogP contribution in [0.4, 0.5) is 0 Å². The molecule has 2 rings (SSSR count). The lowest BCUT2D eigenvalue weighted by Crippen LogP contribution is -2.42. The van der Waals surface area contributed by atoms with Crippen LogP contribution in [0.25, 0.3) is 0 Å². The zero-order chi connectivity index (χ0) is 14.4. The summed E-state index contributed by atoms with van der Waals surface area (Å²) in [5.41, 5.74) is 0. The lowest BCUT2D eigenvalue weighted by Gasteiger charge is -2.30. The molecule has 0 aromatic heterocycles. The Balaban J connectivity index is 1.75. The zero-order valence-electron chi connectivity index (χ0n) is 12.4. The predicted octanol–water partition coefficient (Wildman–Crippen LogP) is 2.64. The van der Waals surface area contributed by atoms with Crippen molar-refractivity contribution in [3.05, 3.63) is 30.3 Å². The summed E-state index contributed by atoms with van der Waals surface area (Å²) in [5, 5.41) is 10.8. The number of para-hydroxylation sites is 1. The minimum Gasteiger partial charge on any atom is -0.491 e. The average Bonchev–Trinajstić information content (AvgIpc) is 2.95. The van der Waals surface area contributed by atoms with Crippen molar-refractivity contribution in [1.82, 2.24) is 4.90 Å². The maximum atomic E-state index is 10.1. The fraction of sp³-hybridized carbons (Fsp3) is 0.625. The lowest BCUT2D eigenvalue weighted by molar-refractivity contribution is 0.0646. The summed E-state index contributed by atoms with van der Waals surface area (Å²) < 4.78 is 5.60. The van der Waals surface area contributed by atoms with Crippen LogP contribution in [0.15, 0.2) is 30.3 Å². The summed E-state index contributed by atoms with van der Waals surface area (Å²) in [6.45, 7) is 1.03. The predicted molar refractivity (Wildman–Crippen MR) is 85.5 cm³/mol. The van der Waals surface area contributed by atoms with Crippen molar-refractivity contribution in [2.24, 2.45) is 0 Å². The Morgan fingerprint density at radius 1 is 1.35 bits per heavy atom. The molecule has 1 aliphatic carbocycles. The molecule has 1 fully saturated rings. The summed E-state index contributed by atoms with van der Waals surface area (Å²) in [6, 6.07) is 10.3. The number of rotatable bonds is 7. The molecule has 1 aromatic carbocycles. The van der Waals surface area contributed by atoms with Gasteiger partial charge in [0.2, 0.25) is 0 Å². The van der Waals surface area contributed by atoms with Gasteiger partial charge in [-0.3, -0.25) is 4.90 Å². The highest BCUT2D eigenvalue weighted by Gasteiger charge is 2.30. The van der Waals surface area contributed by atoms with Crippen molar-refractivity contribution in [3.8, 4) is 5.75 Å². The molecule has 1 N–H and O–H groups in total. The molecule has 3 nitrogen and oxygen atoms in total. The first-order valence-electron chi connectivity index (χ1n) is 7.29. The summed E-state index contributed by atoms with van der Waals surface area (Å²) in [7, 11) is 2.12. The van der Waals surface area contributed by atoms with Gasteiger partial charge in [0.1, 0.15) is 18.5 Å². The molecular formula is C16H25NO2S. The molecular weight excluding hydrogens is 270 g/mol. The van der Waals surface area contributed by atoms with E-state index < -0.39 is 6.10 Å². The minimum atomic E-state index is -0.441. The van der Waals surface area contributed by atoms with Crippen LogP contribution in [0, 0.1) is 0 Å². The van der Waals surface area contributed by atoms with Crippen LogP contribution in [-0.4, -0.2) is 53.9 Å². The van der Waals surface area contributed by atoms with Gasteiger partial charge in [-0.2, -0.15) is 11.8 Å². The van der Waals surface area contributed by atoms with Crippen molar-refractivity contribution in [2.75, 3.05) is 26.5 Å². The molecule has 3 unspecified atom stereocenters. The summed E-state index contributed by atoms with van der Waals surface area (Å²) in [4.78, 5) is 2.30. The molecule has 0 heterocycles. The van der Waals surface area contributed by atoms with E-state index in [-0.39, 0.29) is 0 Å². The number of aliphatic hydroxyl groups excluding tert-OH is 1. The van der Waals surface area contributed by atoms with Gasteiger partial charge in [0.15, 0.2) is 0 Å². The second-order valence-electron chi connectivity index (χ2n) is 5.49. The monoisotopic (exact) mass is 295 g/mol. The quantitative estimate of drug-likeness (QED) is 0.838. The highest BCUT2D eigenvalue weighted by atomic mass is 32.2. The van der Waals surface area contributed by atoms with E-state index in [9.17, 15) is 5.11 Å². The molecule has 0 saturated heterocycles. The van der Waals surface area contributed by atoms with Crippen molar-refractivity contribution >= 4 is 11.8 Å². The molecule has 4 heteroatoms. The Labute approximate surface area is 126 Å². The standard InChI is InChI=1S/C16H25NO2S/c1-17(15-9-6-10-16(15)20-2)11-13(18)12-19-14-7-4-3-5-8-14/h3-5,7-8,13,15-16,18H,6,9-12H2,1-2H3. The highest BCUT2D eigenvalue weighted by molar-refractivity contribution is 7.99. The van der Waals surface area contributed by atoms with Gasteiger partial charge in [0, 0.05) is 17.8 Å². The Morgan fingerprint density at radius 3 is 2.80 bits per heavy atom. The van der Waals surface area contributed by atoms with Crippen LogP contribution in [-0.2, 0) is 0 Å². The number of hydrogen-bond acceptors (Lipinski definition) is 4. The molecule has 1 aromatic rings. The minimum absolute atomic E-state index is 0.352. The van der Waals surface area contributed by atoms with Crippen LogP contribution >= 0.6 is 11.8 Å². The van der Waals surface area contributed by atoms with Gasteiger partial charge in [-0.25, -0.2) is 0 Å². The fourth-order valence-corrected chi connectivity index (χ4v) is 3.98. The summed E-state index contributed by atoms with van der Waals surface area (Å²) >= 11 is 1.95. The zero-order valence-corrected chi connectivity index (χ0v) is 13.2. The van der Waals surface area contributed by atoms with Gasteiger partial charge in [-0.1, -0.05) is 24.6 Å². The number of thioether (sulfide) groups is 1. The highest BCUT2D eigenvalue weighted by Crippen LogP contribution is 2.31. The van der Waals surface area contributed by atoms with Gasteiger partial charge < -0.3 is 9.84 Å². The maximum Gasteiger partial charge on any atom is 0.119 e. The molecule has 0 bridgehead atoms. The van der Waals surface area contributed by atoms with Gasteiger partial charge in [-0.05, 0) is 38.3 Å². The number of ether oxygens (including phenoxy) is 1. The molecule has 1 aliphatic rings. The number of nitrogens with zero attached hydrogens (tertiary/aromatic N) is 1. The van der Waals surface area contributed by atoms with Crippen LogP contribution < -0.4 is 4.74 Å². The molecule has 1 saturated carbocycles. The van der Waals surface area contributed by atoms with Crippen molar-refractivity contribution < 1.29 is 9.84 Å². The Morgan fingerprint density at radius 2 is 2.10 bits per heavy atom. The van der Waals surface area contributed by atoms with Crippen LogP contribution in [0.2, 0.25) is 0 Å². The second kappa shape index (κ2) is 7.91. The smallest absolute Gasteiger partial charge is 0.119 e. The van der Waals surface area contributed by atoms with Crippen LogP contribution in [0.5, 0.6) is 5.75 Å². The first-order valence-corrected chi connectivity index (χ1v) is 8.58. The molecule has 3 atom stereocenters. The topological polar surface area (TPSA) is 32.7 Å².